The first-order chi connectivity index (χ1) is 43.5. The van der Waals surface area contributed by atoms with Gasteiger partial charge in [0.25, 0.3) is 0 Å². The molecule has 0 N–H and O–H groups in total. The van der Waals surface area contributed by atoms with Gasteiger partial charge in [-0.3, -0.25) is 0 Å². The highest BCUT2D eigenvalue weighted by molar-refractivity contribution is 6.28. The minimum atomic E-state index is -0.0539. The third kappa shape index (κ3) is 8.97. The van der Waals surface area contributed by atoms with Crippen LogP contribution in [0.5, 0.6) is 0 Å². The standard InChI is InChI=1S/C84H72N4O2/c1-51(2)53-19-15-23-57(43-53)87-73-29-13-11-27-65(73)71-47-61(33-39-75(71)87)85(59-25-17-21-55(45-59)83(5,6)7)63-31-35-69-79(49-63)89-77-41-37-68-67(81(69)77)38-42-78-82(68)70-36-32-64(50-80(70)90-78)86(60-26-18-22-56(46-60)84(8,9)10)62-34-40-76-72(48-62)66-28-12-14-30-74(66)88(76)58-24-16-20-54(44-58)52(3)4/h11-52H,1-10H3. The molecule has 0 unspecified atom stereocenters. The number of para-hydroxylation sites is 2. The van der Waals surface area contributed by atoms with Gasteiger partial charge in [-0.15, -0.1) is 0 Å². The van der Waals surface area contributed by atoms with E-state index in [1.807, 2.05) is 0 Å². The Balaban J connectivity index is 0.822. The maximum Gasteiger partial charge on any atom is 0.137 e. The van der Waals surface area contributed by atoms with Gasteiger partial charge >= 0.3 is 0 Å². The van der Waals surface area contributed by atoms with Crippen molar-refractivity contribution < 1.29 is 8.83 Å². The molecule has 0 saturated carbocycles. The number of nitrogens with zero attached hydrogens (tertiary/aromatic N) is 4. The molecule has 16 rings (SSSR count). The van der Waals surface area contributed by atoms with Gasteiger partial charge in [0.1, 0.15) is 22.3 Å². The normalized spacial score (nSPS) is 12.5. The zero-order valence-corrected chi connectivity index (χ0v) is 52.9. The number of furan rings is 2. The van der Waals surface area contributed by atoms with Crippen molar-refractivity contribution >= 4 is 132 Å². The summed E-state index contributed by atoms with van der Waals surface area (Å²) in [5, 5.41) is 11.4. The lowest BCUT2D eigenvalue weighted by Gasteiger charge is -2.28. The highest BCUT2D eigenvalue weighted by Gasteiger charge is 2.26. The summed E-state index contributed by atoms with van der Waals surface area (Å²) in [6.45, 7) is 22.7. The number of benzene rings is 12. The fourth-order valence-corrected chi connectivity index (χ4v) is 14.1. The molecule has 90 heavy (non-hydrogen) atoms. The Hall–Kier alpha value is -10.3. The Labute approximate surface area is 525 Å². The second-order valence-electron chi connectivity index (χ2n) is 27.4. The largest absolute Gasteiger partial charge is 0.456 e. The molecule has 0 saturated heterocycles. The van der Waals surface area contributed by atoms with Crippen molar-refractivity contribution in [2.24, 2.45) is 0 Å². The molecule has 0 fully saturated rings. The van der Waals surface area contributed by atoms with Gasteiger partial charge in [0.2, 0.25) is 0 Å². The molecule has 440 valence electrons. The average molecular weight is 1170 g/mol. The lowest BCUT2D eigenvalue weighted by molar-refractivity contribution is 0.590. The summed E-state index contributed by atoms with van der Waals surface area (Å²) in [6, 6.07) is 89.8. The molecule has 6 nitrogen and oxygen atoms in total. The highest BCUT2D eigenvalue weighted by Crippen LogP contribution is 2.48. The van der Waals surface area contributed by atoms with Crippen molar-refractivity contribution in [1.82, 2.24) is 9.13 Å². The van der Waals surface area contributed by atoms with E-state index in [0.29, 0.717) is 11.8 Å². The quantitative estimate of drug-likeness (QED) is 0.137. The molecule has 4 heterocycles. The second-order valence-corrected chi connectivity index (χ2v) is 27.4. The van der Waals surface area contributed by atoms with Crippen LogP contribution in [0.3, 0.4) is 0 Å². The Morgan fingerprint density at radius 3 is 1.08 bits per heavy atom. The third-order valence-electron chi connectivity index (χ3n) is 18.9. The van der Waals surface area contributed by atoms with Gasteiger partial charge < -0.3 is 27.8 Å². The lowest BCUT2D eigenvalue weighted by atomic mass is 9.87. The van der Waals surface area contributed by atoms with Crippen molar-refractivity contribution in [3.63, 3.8) is 0 Å². The van der Waals surface area contributed by atoms with Crippen LogP contribution in [0.1, 0.15) is 103 Å². The van der Waals surface area contributed by atoms with E-state index in [4.69, 9.17) is 8.83 Å². The Morgan fingerprint density at radius 2 is 0.656 bits per heavy atom. The summed E-state index contributed by atoms with van der Waals surface area (Å²) in [5.74, 6) is 0.840. The first-order valence-corrected chi connectivity index (χ1v) is 31.9. The summed E-state index contributed by atoms with van der Waals surface area (Å²) in [7, 11) is 0. The summed E-state index contributed by atoms with van der Waals surface area (Å²) in [5.41, 5.74) is 21.8. The molecule has 16 aromatic rings. The third-order valence-corrected chi connectivity index (χ3v) is 18.9. The van der Waals surface area contributed by atoms with Gasteiger partial charge in [0, 0.05) is 101 Å². The molecular formula is C84H72N4O2. The van der Waals surface area contributed by atoms with Crippen LogP contribution in [0.2, 0.25) is 0 Å². The van der Waals surface area contributed by atoms with E-state index in [2.05, 4.69) is 331 Å². The van der Waals surface area contributed by atoms with E-state index in [9.17, 15) is 0 Å². The second kappa shape index (κ2) is 20.6. The zero-order valence-electron chi connectivity index (χ0n) is 52.9. The topological polar surface area (TPSA) is 42.6 Å². The predicted octanol–water partition coefficient (Wildman–Crippen LogP) is 24.6. The fourth-order valence-electron chi connectivity index (χ4n) is 14.1. The lowest BCUT2D eigenvalue weighted by Crippen LogP contribution is -2.14. The van der Waals surface area contributed by atoms with Gasteiger partial charge in [0.05, 0.1) is 22.1 Å². The van der Waals surface area contributed by atoms with Crippen molar-refractivity contribution in [3.8, 4) is 11.4 Å². The van der Waals surface area contributed by atoms with E-state index in [1.54, 1.807) is 0 Å². The number of fused-ring (bicyclic) bond motifs is 15. The maximum atomic E-state index is 6.97. The van der Waals surface area contributed by atoms with Gasteiger partial charge in [-0.05, 0) is 201 Å². The molecule has 4 aromatic heterocycles. The van der Waals surface area contributed by atoms with Crippen LogP contribution in [0, 0.1) is 0 Å². The number of rotatable bonds is 10. The van der Waals surface area contributed by atoms with Crippen LogP contribution >= 0.6 is 0 Å². The Bertz CT molecular complexity index is 5210. The molecule has 6 heteroatoms. The van der Waals surface area contributed by atoms with Gasteiger partial charge in [-0.25, -0.2) is 0 Å². The van der Waals surface area contributed by atoms with E-state index < -0.39 is 0 Å². The zero-order chi connectivity index (χ0) is 61.5. The minimum Gasteiger partial charge on any atom is -0.456 e. The molecule has 0 spiro atoms. The average Bonchev–Trinajstić information content (AvgIpc) is 1.57. The Morgan fingerprint density at radius 1 is 0.289 bits per heavy atom. The number of anilines is 6. The fraction of sp³-hybridized carbons (Fsp3) is 0.167. The summed E-state index contributed by atoms with van der Waals surface area (Å²) in [4.78, 5) is 4.79. The first kappa shape index (κ1) is 55.0. The van der Waals surface area contributed by atoms with Crippen molar-refractivity contribution in [2.45, 2.75) is 91.9 Å². The highest BCUT2D eigenvalue weighted by atomic mass is 16.3. The molecule has 0 aliphatic heterocycles. The van der Waals surface area contributed by atoms with Crippen molar-refractivity contribution in [3.05, 3.63) is 265 Å². The number of aromatic nitrogens is 2. The van der Waals surface area contributed by atoms with Crippen molar-refractivity contribution in [1.29, 1.82) is 0 Å². The van der Waals surface area contributed by atoms with Crippen LogP contribution in [-0.4, -0.2) is 9.13 Å². The molecule has 0 atom stereocenters. The molecule has 0 amide bonds. The van der Waals surface area contributed by atoms with E-state index in [-0.39, 0.29) is 10.8 Å². The monoisotopic (exact) mass is 1170 g/mol. The van der Waals surface area contributed by atoms with Gasteiger partial charge in [-0.1, -0.05) is 154 Å². The van der Waals surface area contributed by atoms with Crippen molar-refractivity contribution in [2.75, 3.05) is 9.80 Å². The van der Waals surface area contributed by atoms with Crippen LogP contribution < -0.4 is 9.80 Å². The van der Waals surface area contributed by atoms with E-state index in [0.717, 1.165) is 88.8 Å². The van der Waals surface area contributed by atoms with Crippen LogP contribution in [0.25, 0.3) is 110 Å². The van der Waals surface area contributed by atoms with Crippen LogP contribution in [0.15, 0.2) is 251 Å². The minimum absolute atomic E-state index is 0.0539. The van der Waals surface area contributed by atoms with Crippen LogP contribution in [0.4, 0.5) is 34.1 Å². The smallest absolute Gasteiger partial charge is 0.137 e. The number of hydrogen-bond donors (Lipinski definition) is 0. The molecular weight excluding hydrogens is 1100 g/mol. The Kier molecular flexibility index (Phi) is 12.6. The first-order valence-electron chi connectivity index (χ1n) is 31.9. The maximum absolute atomic E-state index is 6.97. The van der Waals surface area contributed by atoms with E-state index in [1.165, 1.54) is 77.2 Å². The molecule has 0 aliphatic rings. The van der Waals surface area contributed by atoms with Crippen LogP contribution in [-0.2, 0) is 10.8 Å². The summed E-state index contributed by atoms with van der Waals surface area (Å²) >= 11 is 0. The molecule has 0 radical (unpaired) electrons. The van der Waals surface area contributed by atoms with Gasteiger partial charge in [0.15, 0.2) is 0 Å². The SMILES string of the molecule is CC(C)c1cccc(-n2c3ccccc3c3cc(N(c4cccc(C(C)(C)C)c4)c4ccc5c(c4)oc4ccc6c(ccc7oc8cc(N(c9cccc(C(C)(C)C)c9)c9ccc%10c(c9)c9ccccc9n%10-c9cccc(C(C)C)c9)ccc8c76)c45)ccc32)c1. The van der Waals surface area contributed by atoms with E-state index >= 15 is 0 Å². The van der Waals surface area contributed by atoms with Gasteiger partial charge in [-0.2, -0.15) is 0 Å². The summed E-state index contributed by atoms with van der Waals surface area (Å²) < 4.78 is 18.8. The molecule has 0 aliphatic carbocycles. The summed E-state index contributed by atoms with van der Waals surface area (Å²) in [6.07, 6.45) is 0. The predicted molar refractivity (Wildman–Crippen MR) is 382 cm³/mol. The molecule has 12 aromatic carbocycles. The molecule has 0 bridgehead atoms. The number of hydrogen-bond acceptors (Lipinski definition) is 4.